The summed E-state index contributed by atoms with van der Waals surface area (Å²) in [4.78, 5) is 13.0. The van der Waals surface area contributed by atoms with E-state index in [9.17, 15) is 13.2 Å². The zero-order valence-corrected chi connectivity index (χ0v) is 19.3. The minimum atomic E-state index is -3.69. The summed E-state index contributed by atoms with van der Waals surface area (Å²) in [5, 5.41) is 4.84. The van der Waals surface area contributed by atoms with E-state index < -0.39 is 15.9 Å². The van der Waals surface area contributed by atoms with Gasteiger partial charge in [-0.1, -0.05) is 11.6 Å². The fourth-order valence-corrected chi connectivity index (χ4v) is 7.42. The van der Waals surface area contributed by atoms with Crippen LogP contribution in [-0.4, -0.2) is 56.4 Å². The topological polar surface area (TPSA) is 84.9 Å². The van der Waals surface area contributed by atoms with E-state index in [-0.39, 0.29) is 16.3 Å². The Kier molecular flexibility index (Phi) is 6.78. The van der Waals surface area contributed by atoms with Crippen molar-refractivity contribution in [2.75, 3.05) is 37.8 Å². The molecule has 1 N–H and O–H groups in total. The fourth-order valence-electron chi connectivity index (χ4n) is 3.24. The summed E-state index contributed by atoms with van der Waals surface area (Å²) in [6, 6.07) is 5.00. The smallest absolute Gasteiger partial charge is 0.263 e. The van der Waals surface area contributed by atoms with Gasteiger partial charge >= 0.3 is 0 Å². The van der Waals surface area contributed by atoms with Gasteiger partial charge in [0.25, 0.3) is 5.91 Å². The number of amides is 1. The molecule has 0 unspecified atom stereocenters. The monoisotopic (exact) mass is 488 g/mol. The lowest BCUT2D eigenvalue weighted by atomic mass is 10.2. The van der Waals surface area contributed by atoms with E-state index in [0.717, 1.165) is 34.8 Å². The van der Waals surface area contributed by atoms with E-state index in [1.54, 1.807) is 29.3 Å². The molecule has 1 amide bonds. The third-order valence-corrected chi connectivity index (χ3v) is 8.94. The Labute approximate surface area is 188 Å². The molecule has 0 spiro atoms. The number of carbonyl (C=O) groups is 1. The summed E-state index contributed by atoms with van der Waals surface area (Å²) in [6.07, 6.45) is 0.766. The molecule has 11 heteroatoms. The lowest BCUT2D eigenvalue weighted by molar-refractivity contribution is 0.0951. The van der Waals surface area contributed by atoms with E-state index in [0.29, 0.717) is 42.8 Å². The van der Waals surface area contributed by atoms with Crippen LogP contribution in [0.25, 0.3) is 0 Å². The first-order valence-electron chi connectivity index (χ1n) is 9.48. The van der Waals surface area contributed by atoms with Crippen molar-refractivity contribution >= 4 is 50.6 Å². The quantitative estimate of drug-likeness (QED) is 0.695. The molecule has 162 valence electrons. The molecule has 3 heterocycles. The van der Waals surface area contributed by atoms with Crippen LogP contribution in [0.5, 0.6) is 11.5 Å². The number of thioether (sulfide) groups is 1. The van der Waals surface area contributed by atoms with Gasteiger partial charge in [0.1, 0.15) is 9.77 Å². The van der Waals surface area contributed by atoms with Crippen LogP contribution in [0.15, 0.2) is 28.5 Å². The predicted octanol–water partition coefficient (Wildman–Crippen LogP) is 3.23. The second-order valence-corrected chi connectivity index (χ2v) is 11.2. The van der Waals surface area contributed by atoms with Crippen LogP contribution >= 0.6 is 34.7 Å². The van der Waals surface area contributed by atoms with E-state index >= 15 is 0 Å². The lowest BCUT2D eigenvalue weighted by Gasteiger charge is -2.25. The van der Waals surface area contributed by atoms with Crippen molar-refractivity contribution in [3.63, 3.8) is 0 Å². The molecule has 0 bridgehead atoms. The van der Waals surface area contributed by atoms with E-state index in [1.807, 2.05) is 0 Å². The molecule has 1 fully saturated rings. The normalized spacial score (nSPS) is 17.4. The van der Waals surface area contributed by atoms with Gasteiger partial charge in [-0.3, -0.25) is 4.79 Å². The number of hydrogen-bond acceptors (Lipinski definition) is 7. The van der Waals surface area contributed by atoms with Gasteiger partial charge in [0.05, 0.1) is 18.2 Å². The maximum absolute atomic E-state index is 13.0. The van der Waals surface area contributed by atoms with Crippen molar-refractivity contribution in [2.24, 2.45) is 0 Å². The van der Waals surface area contributed by atoms with Gasteiger partial charge < -0.3 is 14.8 Å². The van der Waals surface area contributed by atoms with Crippen LogP contribution in [0.3, 0.4) is 0 Å². The highest BCUT2D eigenvalue weighted by Crippen LogP contribution is 2.38. The first-order chi connectivity index (χ1) is 14.5. The average molecular weight is 489 g/mol. The molecule has 1 saturated heterocycles. The molecule has 0 radical (unpaired) electrons. The first-order valence-corrected chi connectivity index (χ1v) is 13.3. The highest BCUT2D eigenvalue weighted by Gasteiger charge is 2.31. The molecular weight excluding hydrogens is 468 g/mol. The molecule has 0 saturated carbocycles. The van der Waals surface area contributed by atoms with Crippen molar-refractivity contribution < 1.29 is 22.7 Å². The number of thiophene rings is 1. The highest BCUT2D eigenvalue weighted by molar-refractivity contribution is 7.99. The van der Waals surface area contributed by atoms with Gasteiger partial charge in [0.15, 0.2) is 11.5 Å². The van der Waals surface area contributed by atoms with Gasteiger partial charge in [0.2, 0.25) is 10.0 Å². The molecule has 2 aromatic rings. The summed E-state index contributed by atoms with van der Waals surface area (Å²) in [5.74, 6) is 2.14. The third kappa shape index (κ3) is 4.57. The summed E-state index contributed by atoms with van der Waals surface area (Å²) in [6.45, 7) is 2.17. The van der Waals surface area contributed by atoms with Crippen molar-refractivity contribution in [3.05, 3.63) is 39.0 Å². The molecule has 7 nitrogen and oxygen atoms in total. The van der Waals surface area contributed by atoms with E-state index in [1.165, 1.54) is 10.4 Å². The van der Waals surface area contributed by atoms with Crippen LogP contribution in [0.1, 0.15) is 21.7 Å². The molecule has 0 aliphatic carbocycles. The number of rotatable bonds is 5. The third-order valence-electron chi connectivity index (χ3n) is 4.74. The Morgan fingerprint density at radius 1 is 1.20 bits per heavy atom. The highest BCUT2D eigenvalue weighted by atomic mass is 35.5. The number of nitrogens with zero attached hydrogens (tertiary/aromatic N) is 1. The molecular formula is C19H21ClN2O5S3. The van der Waals surface area contributed by atoms with Crippen LogP contribution in [0.2, 0.25) is 5.02 Å². The second kappa shape index (κ2) is 9.35. The first kappa shape index (κ1) is 21.8. The van der Waals surface area contributed by atoms with Crippen LogP contribution in [-0.2, 0) is 16.6 Å². The molecule has 1 aromatic carbocycles. The summed E-state index contributed by atoms with van der Waals surface area (Å²) in [7, 11) is -3.69. The number of carbonyl (C=O) groups excluding carboxylic acids is 1. The minimum Gasteiger partial charge on any atom is -0.489 e. The van der Waals surface area contributed by atoms with Crippen LogP contribution in [0, 0.1) is 0 Å². The molecule has 2 aliphatic rings. The standard InChI is InChI=1S/C19H21ClN2O5S3/c20-14-10-13(11-15-17(14)27-6-1-5-26-15)12-21-19(23)18-16(2-7-29-18)30(24,25)22-3-8-28-9-4-22/h2,7,10-11H,1,3-6,8-9,12H2,(H,21,23). The van der Waals surface area contributed by atoms with Crippen LogP contribution < -0.4 is 14.8 Å². The van der Waals surface area contributed by atoms with Crippen molar-refractivity contribution in [3.8, 4) is 11.5 Å². The van der Waals surface area contributed by atoms with Crippen molar-refractivity contribution in [1.82, 2.24) is 9.62 Å². The number of halogens is 1. The largest absolute Gasteiger partial charge is 0.489 e. The van der Waals surface area contributed by atoms with Gasteiger partial charge in [-0.15, -0.1) is 11.3 Å². The second-order valence-electron chi connectivity index (χ2n) is 6.77. The molecule has 2 aliphatic heterocycles. The lowest BCUT2D eigenvalue weighted by Crippen LogP contribution is -2.38. The Morgan fingerprint density at radius 3 is 2.77 bits per heavy atom. The van der Waals surface area contributed by atoms with E-state index in [4.69, 9.17) is 21.1 Å². The van der Waals surface area contributed by atoms with Gasteiger partial charge in [-0.25, -0.2) is 8.42 Å². The summed E-state index contributed by atoms with van der Waals surface area (Å²) in [5.41, 5.74) is 0.742. The minimum absolute atomic E-state index is 0.0635. The molecule has 4 rings (SSSR count). The molecule has 1 aromatic heterocycles. The fraction of sp³-hybridized carbons (Fsp3) is 0.421. The van der Waals surface area contributed by atoms with E-state index in [2.05, 4.69) is 5.32 Å². The number of sulfonamides is 1. The zero-order chi connectivity index (χ0) is 21.1. The summed E-state index contributed by atoms with van der Waals surface area (Å²) < 4.78 is 38.7. The average Bonchev–Trinajstić information content (AvgIpc) is 3.13. The maximum Gasteiger partial charge on any atom is 0.263 e. The number of hydrogen-bond donors (Lipinski definition) is 1. The zero-order valence-electron chi connectivity index (χ0n) is 16.1. The Bertz CT molecular complexity index is 1030. The van der Waals surface area contributed by atoms with Crippen molar-refractivity contribution in [1.29, 1.82) is 0 Å². The van der Waals surface area contributed by atoms with Gasteiger partial charge in [-0.2, -0.15) is 16.1 Å². The van der Waals surface area contributed by atoms with Crippen LogP contribution in [0.4, 0.5) is 0 Å². The number of benzene rings is 1. The molecule has 0 atom stereocenters. The van der Waals surface area contributed by atoms with Gasteiger partial charge in [-0.05, 0) is 29.1 Å². The Balaban J connectivity index is 1.49. The number of nitrogens with one attached hydrogen (secondary N) is 1. The number of fused-ring (bicyclic) bond motifs is 1. The number of ether oxygens (including phenoxy) is 2. The summed E-state index contributed by atoms with van der Waals surface area (Å²) >= 11 is 9.15. The SMILES string of the molecule is O=C(NCc1cc(Cl)c2c(c1)OCCCO2)c1sccc1S(=O)(=O)N1CCSCC1. The Morgan fingerprint density at radius 2 is 1.97 bits per heavy atom. The van der Waals surface area contributed by atoms with Crippen molar-refractivity contribution in [2.45, 2.75) is 17.9 Å². The van der Waals surface area contributed by atoms with Gasteiger partial charge in [0, 0.05) is 37.6 Å². The predicted molar refractivity (Wildman–Crippen MR) is 119 cm³/mol. The maximum atomic E-state index is 13.0. The molecule has 30 heavy (non-hydrogen) atoms. The Hall–Kier alpha value is -1.46.